The summed E-state index contributed by atoms with van der Waals surface area (Å²) in [6.07, 6.45) is -1.83. The molecule has 2 rings (SSSR count). The number of nitrogens with one attached hydrogen (secondary N) is 1. The van der Waals surface area contributed by atoms with Gasteiger partial charge in [-0.1, -0.05) is 0 Å². The van der Waals surface area contributed by atoms with Gasteiger partial charge in [0.25, 0.3) is 5.56 Å². The second-order valence-corrected chi connectivity index (χ2v) is 5.06. The molecular formula is C12H19N3O6. The number of rotatable bonds is 4. The summed E-state index contributed by atoms with van der Waals surface area (Å²) < 4.78 is 11.9. The summed E-state index contributed by atoms with van der Waals surface area (Å²) in [6.45, 7) is 0.848. The molecule has 0 aliphatic carbocycles. The van der Waals surface area contributed by atoms with Crippen LogP contribution in [0.4, 0.5) is 0 Å². The summed E-state index contributed by atoms with van der Waals surface area (Å²) in [6, 6.07) is 0. The normalized spacial score (nSPS) is 32.5. The molecular weight excluding hydrogens is 282 g/mol. The van der Waals surface area contributed by atoms with E-state index in [-0.39, 0.29) is 6.54 Å². The lowest BCUT2D eigenvalue weighted by Crippen LogP contribution is -2.52. The number of hydrogen-bond acceptors (Lipinski definition) is 7. The third kappa shape index (κ3) is 2.43. The molecule has 5 N–H and O–H groups in total. The first kappa shape index (κ1) is 15.9. The maximum Gasteiger partial charge on any atom is 0.330 e. The minimum absolute atomic E-state index is 0.155. The van der Waals surface area contributed by atoms with Crippen molar-refractivity contribution in [3.8, 4) is 0 Å². The Balaban J connectivity index is 2.51. The standard InChI is InChI=1S/C12H19N3O6/c1-6-3-15(11(19)14-9(6)18)10-7(20-2)8(17)12(4-13,5-16)21-10/h3,7-8,10,16-17H,4-5,13H2,1-2H3,(H,14,18,19)/t7-,8+,10-,12-/m1/s1. The van der Waals surface area contributed by atoms with Crippen LogP contribution in [0.25, 0.3) is 0 Å². The Labute approximate surface area is 119 Å². The molecule has 1 aliphatic heterocycles. The van der Waals surface area contributed by atoms with Crippen LogP contribution >= 0.6 is 0 Å². The fourth-order valence-electron chi connectivity index (χ4n) is 2.43. The number of nitrogens with two attached hydrogens (primary N) is 1. The van der Waals surface area contributed by atoms with Crippen molar-refractivity contribution in [1.29, 1.82) is 0 Å². The van der Waals surface area contributed by atoms with Crippen LogP contribution in [-0.2, 0) is 9.47 Å². The maximum absolute atomic E-state index is 11.9. The van der Waals surface area contributed by atoms with Gasteiger partial charge in [-0.2, -0.15) is 0 Å². The Bertz CT molecular complexity index is 620. The third-order valence-corrected chi connectivity index (χ3v) is 3.79. The van der Waals surface area contributed by atoms with Crippen LogP contribution < -0.4 is 17.0 Å². The molecule has 1 aliphatic rings. The number of methoxy groups -OCH3 is 1. The lowest BCUT2D eigenvalue weighted by molar-refractivity contribution is -0.123. The van der Waals surface area contributed by atoms with Crippen molar-refractivity contribution in [1.82, 2.24) is 9.55 Å². The molecule has 1 aromatic heterocycles. The average molecular weight is 301 g/mol. The molecule has 21 heavy (non-hydrogen) atoms. The van der Waals surface area contributed by atoms with E-state index in [1.807, 2.05) is 0 Å². The molecule has 1 aromatic rings. The molecule has 0 spiro atoms. The quantitative estimate of drug-likeness (QED) is 0.479. The minimum Gasteiger partial charge on any atom is -0.393 e. The zero-order chi connectivity index (χ0) is 15.8. The monoisotopic (exact) mass is 301 g/mol. The number of aliphatic hydroxyl groups excluding tert-OH is 2. The van der Waals surface area contributed by atoms with E-state index in [9.17, 15) is 19.8 Å². The number of aryl methyl sites for hydroxylation is 1. The highest BCUT2D eigenvalue weighted by atomic mass is 16.6. The Morgan fingerprint density at radius 1 is 1.57 bits per heavy atom. The zero-order valence-electron chi connectivity index (χ0n) is 11.8. The molecule has 0 radical (unpaired) electrons. The summed E-state index contributed by atoms with van der Waals surface area (Å²) in [7, 11) is 1.35. The predicted octanol–water partition coefficient (Wildman–Crippen LogP) is -2.56. The molecule has 118 valence electrons. The third-order valence-electron chi connectivity index (χ3n) is 3.79. The number of H-pyrrole nitrogens is 1. The van der Waals surface area contributed by atoms with Crippen LogP contribution in [0.15, 0.2) is 15.8 Å². The Morgan fingerprint density at radius 3 is 2.76 bits per heavy atom. The summed E-state index contributed by atoms with van der Waals surface area (Å²) in [5.41, 5.74) is 3.25. The van der Waals surface area contributed by atoms with Crippen molar-refractivity contribution in [2.24, 2.45) is 5.73 Å². The maximum atomic E-state index is 11.9. The lowest BCUT2D eigenvalue weighted by atomic mass is 9.96. The highest BCUT2D eigenvalue weighted by Gasteiger charge is 2.55. The van der Waals surface area contributed by atoms with Gasteiger partial charge in [-0.3, -0.25) is 14.3 Å². The molecule has 0 unspecified atom stereocenters. The topological polar surface area (TPSA) is 140 Å². The van der Waals surface area contributed by atoms with Crippen molar-refractivity contribution in [2.75, 3.05) is 20.3 Å². The van der Waals surface area contributed by atoms with Crippen LogP contribution in [0.5, 0.6) is 0 Å². The van der Waals surface area contributed by atoms with Crippen molar-refractivity contribution >= 4 is 0 Å². The van der Waals surface area contributed by atoms with E-state index >= 15 is 0 Å². The molecule has 0 amide bonds. The van der Waals surface area contributed by atoms with Crippen LogP contribution in [0.3, 0.4) is 0 Å². The molecule has 2 heterocycles. The summed E-state index contributed by atoms with van der Waals surface area (Å²) >= 11 is 0. The molecule has 4 atom stereocenters. The molecule has 9 heteroatoms. The Kier molecular flexibility index (Phi) is 4.30. The van der Waals surface area contributed by atoms with Gasteiger partial charge in [0.2, 0.25) is 0 Å². The first-order valence-corrected chi connectivity index (χ1v) is 6.42. The number of aromatic nitrogens is 2. The van der Waals surface area contributed by atoms with Gasteiger partial charge in [-0.05, 0) is 6.92 Å². The smallest absolute Gasteiger partial charge is 0.330 e. The van der Waals surface area contributed by atoms with Crippen molar-refractivity contribution < 1.29 is 19.7 Å². The second kappa shape index (κ2) is 5.70. The average Bonchev–Trinajstić information content (AvgIpc) is 2.75. The lowest BCUT2D eigenvalue weighted by Gasteiger charge is -2.28. The van der Waals surface area contributed by atoms with Gasteiger partial charge >= 0.3 is 5.69 Å². The van der Waals surface area contributed by atoms with E-state index < -0.39 is 41.9 Å². The first-order valence-electron chi connectivity index (χ1n) is 6.42. The van der Waals surface area contributed by atoms with Gasteiger partial charge in [0.05, 0.1) is 6.61 Å². The fourth-order valence-corrected chi connectivity index (χ4v) is 2.43. The van der Waals surface area contributed by atoms with Crippen molar-refractivity contribution in [2.45, 2.75) is 31.0 Å². The Hall–Kier alpha value is -1.52. The SMILES string of the molecule is CO[C@H]1[C@H](n2cc(C)c(=O)[nH]c2=O)O[C@](CN)(CO)[C@H]1O. The van der Waals surface area contributed by atoms with Crippen LogP contribution in [0, 0.1) is 6.92 Å². The molecule has 0 bridgehead atoms. The van der Waals surface area contributed by atoms with Crippen LogP contribution in [0.2, 0.25) is 0 Å². The van der Waals surface area contributed by atoms with Crippen molar-refractivity contribution in [3.63, 3.8) is 0 Å². The Morgan fingerprint density at radius 2 is 2.24 bits per heavy atom. The van der Waals surface area contributed by atoms with Gasteiger partial charge in [-0.15, -0.1) is 0 Å². The molecule has 9 nitrogen and oxygen atoms in total. The van der Waals surface area contributed by atoms with Crippen LogP contribution in [0.1, 0.15) is 11.8 Å². The van der Waals surface area contributed by atoms with E-state index in [1.165, 1.54) is 20.2 Å². The van der Waals surface area contributed by atoms with Gasteiger partial charge in [0, 0.05) is 25.4 Å². The number of nitrogens with zero attached hydrogens (tertiary/aromatic N) is 1. The highest BCUT2D eigenvalue weighted by molar-refractivity contribution is 5.06. The van der Waals surface area contributed by atoms with Gasteiger partial charge in [-0.25, -0.2) is 4.79 Å². The summed E-state index contributed by atoms with van der Waals surface area (Å²) in [5.74, 6) is 0. The number of aromatic amines is 1. The zero-order valence-corrected chi connectivity index (χ0v) is 11.8. The number of hydrogen-bond donors (Lipinski definition) is 4. The van der Waals surface area contributed by atoms with Gasteiger partial charge in [0.1, 0.15) is 17.8 Å². The highest BCUT2D eigenvalue weighted by Crippen LogP contribution is 2.37. The van der Waals surface area contributed by atoms with Gasteiger partial charge < -0.3 is 25.4 Å². The van der Waals surface area contributed by atoms with E-state index in [4.69, 9.17) is 15.2 Å². The number of aliphatic hydroxyl groups is 2. The minimum atomic E-state index is -1.42. The van der Waals surface area contributed by atoms with Crippen LogP contribution in [-0.4, -0.2) is 57.8 Å². The number of ether oxygens (including phenoxy) is 2. The molecule has 1 fully saturated rings. The van der Waals surface area contributed by atoms with E-state index in [0.29, 0.717) is 5.56 Å². The second-order valence-electron chi connectivity index (χ2n) is 5.06. The molecule has 0 aromatic carbocycles. The fraction of sp³-hybridized carbons (Fsp3) is 0.667. The molecule has 1 saturated heterocycles. The van der Waals surface area contributed by atoms with Gasteiger partial charge in [0.15, 0.2) is 6.23 Å². The largest absolute Gasteiger partial charge is 0.393 e. The first-order chi connectivity index (χ1) is 9.90. The summed E-state index contributed by atoms with van der Waals surface area (Å²) in [5, 5.41) is 19.7. The van der Waals surface area contributed by atoms with E-state index in [1.54, 1.807) is 0 Å². The predicted molar refractivity (Wildman–Crippen MR) is 71.9 cm³/mol. The van der Waals surface area contributed by atoms with Crippen molar-refractivity contribution in [3.05, 3.63) is 32.6 Å². The van der Waals surface area contributed by atoms with E-state index in [0.717, 1.165) is 4.57 Å². The molecule has 0 saturated carbocycles. The van der Waals surface area contributed by atoms with E-state index in [2.05, 4.69) is 4.98 Å². The summed E-state index contributed by atoms with van der Waals surface area (Å²) in [4.78, 5) is 25.5.